The Balaban J connectivity index is 1.82. The van der Waals surface area contributed by atoms with Gasteiger partial charge in [0.2, 0.25) is 0 Å². The molecule has 1 aromatic carbocycles. The van der Waals surface area contributed by atoms with E-state index in [9.17, 15) is 4.79 Å². The summed E-state index contributed by atoms with van der Waals surface area (Å²) in [5.74, 6) is 0. The molecule has 0 spiro atoms. The molecule has 130 valence electrons. The van der Waals surface area contributed by atoms with Crippen LogP contribution in [0.25, 0.3) is 5.65 Å². The van der Waals surface area contributed by atoms with Crippen LogP contribution in [0.5, 0.6) is 0 Å². The Bertz CT molecular complexity index is 893. The second-order valence-corrected chi connectivity index (χ2v) is 6.28. The zero-order valence-corrected chi connectivity index (χ0v) is 14.8. The quantitative estimate of drug-likeness (QED) is 0.652. The Kier molecular flexibility index (Phi) is 5.81. The zero-order chi connectivity index (χ0) is 17.6. The van der Waals surface area contributed by atoms with Crippen LogP contribution in [0.1, 0.15) is 11.3 Å². The second-order valence-electron chi connectivity index (χ2n) is 5.84. The molecule has 0 saturated carbocycles. The van der Waals surface area contributed by atoms with Crippen LogP contribution in [0.4, 0.5) is 0 Å². The monoisotopic (exact) mass is 357 g/mol. The summed E-state index contributed by atoms with van der Waals surface area (Å²) in [4.78, 5) is 19.1. The Labute approximate surface area is 151 Å². The topological polar surface area (TPSA) is 46.8 Å². The maximum absolute atomic E-state index is 12.3. The van der Waals surface area contributed by atoms with Gasteiger partial charge in [-0.05, 0) is 29.8 Å². The summed E-state index contributed by atoms with van der Waals surface area (Å²) in [6.45, 7) is 2.66. The molecule has 0 aliphatic rings. The summed E-state index contributed by atoms with van der Waals surface area (Å²) in [7, 11) is 1.68. The third-order valence-electron chi connectivity index (χ3n) is 3.94. The van der Waals surface area contributed by atoms with Crippen molar-refractivity contribution in [3.8, 4) is 0 Å². The number of hydrogen-bond acceptors (Lipinski definition) is 4. The molecule has 0 bridgehead atoms. The molecule has 0 fully saturated rings. The van der Waals surface area contributed by atoms with Crippen molar-refractivity contribution >= 4 is 17.2 Å². The van der Waals surface area contributed by atoms with E-state index in [0.29, 0.717) is 18.8 Å². The lowest BCUT2D eigenvalue weighted by molar-refractivity contribution is 0.139. The molecule has 0 radical (unpaired) electrons. The fraction of sp³-hybridized carbons (Fsp3) is 0.263. The van der Waals surface area contributed by atoms with Crippen molar-refractivity contribution in [2.45, 2.75) is 13.1 Å². The SMILES string of the molecule is COCCN(Cc1ccc(Cl)cc1)Cc1cc(=O)n2ccccc2n1. The van der Waals surface area contributed by atoms with Crippen LogP contribution in [-0.4, -0.2) is 34.5 Å². The molecule has 0 saturated heterocycles. The van der Waals surface area contributed by atoms with E-state index < -0.39 is 0 Å². The molecular weight excluding hydrogens is 338 g/mol. The Morgan fingerprint density at radius 3 is 2.72 bits per heavy atom. The molecule has 3 aromatic rings. The Morgan fingerprint density at radius 2 is 1.96 bits per heavy atom. The fourth-order valence-corrected chi connectivity index (χ4v) is 2.82. The lowest BCUT2D eigenvalue weighted by Gasteiger charge is -2.22. The Hall–Kier alpha value is -2.21. The smallest absolute Gasteiger partial charge is 0.258 e. The van der Waals surface area contributed by atoms with Crippen molar-refractivity contribution in [1.29, 1.82) is 0 Å². The van der Waals surface area contributed by atoms with E-state index in [1.54, 1.807) is 23.8 Å². The highest BCUT2D eigenvalue weighted by Crippen LogP contribution is 2.13. The number of rotatable bonds is 7. The molecule has 2 heterocycles. The maximum atomic E-state index is 12.3. The van der Waals surface area contributed by atoms with Crippen LogP contribution in [0.15, 0.2) is 59.5 Å². The summed E-state index contributed by atoms with van der Waals surface area (Å²) in [6, 6.07) is 14.9. The van der Waals surface area contributed by atoms with E-state index in [4.69, 9.17) is 16.3 Å². The standard InChI is InChI=1S/C19H20ClN3O2/c1-25-11-10-22(13-15-5-7-16(20)8-6-15)14-17-12-19(24)23-9-3-2-4-18(23)21-17/h2-9,12H,10-11,13-14H2,1H3. The molecule has 3 rings (SSSR count). The van der Waals surface area contributed by atoms with Gasteiger partial charge >= 0.3 is 0 Å². The van der Waals surface area contributed by atoms with Crippen LogP contribution in [0, 0.1) is 0 Å². The Morgan fingerprint density at radius 1 is 1.16 bits per heavy atom. The normalized spacial score (nSPS) is 11.3. The molecule has 5 nitrogen and oxygen atoms in total. The average Bonchev–Trinajstić information content (AvgIpc) is 2.61. The van der Waals surface area contributed by atoms with Crippen LogP contribution >= 0.6 is 11.6 Å². The van der Waals surface area contributed by atoms with E-state index in [0.717, 1.165) is 29.4 Å². The fourth-order valence-electron chi connectivity index (χ4n) is 2.70. The molecule has 0 aliphatic carbocycles. The third kappa shape index (κ3) is 4.66. The van der Waals surface area contributed by atoms with Crippen LogP contribution in [0.2, 0.25) is 5.02 Å². The van der Waals surface area contributed by atoms with Gasteiger partial charge in [-0.1, -0.05) is 29.8 Å². The lowest BCUT2D eigenvalue weighted by Crippen LogP contribution is -2.28. The van der Waals surface area contributed by atoms with Gasteiger partial charge in [0, 0.05) is 44.0 Å². The summed E-state index contributed by atoms with van der Waals surface area (Å²) >= 11 is 5.95. The largest absolute Gasteiger partial charge is 0.383 e. The molecule has 2 aromatic heterocycles. The van der Waals surface area contributed by atoms with Crippen LogP contribution < -0.4 is 5.56 Å². The number of methoxy groups -OCH3 is 1. The molecule has 0 aliphatic heterocycles. The molecule has 0 N–H and O–H groups in total. The second kappa shape index (κ2) is 8.25. The number of nitrogens with zero attached hydrogens (tertiary/aromatic N) is 3. The van der Waals surface area contributed by atoms with Gasteiger partial charge in [-0.15, -0.1) is 0 Å². The molecular formula is C19H20ClN3O2. The van der Waals surface area contributed by atoms with Gasteiger partial charge < -0.3 is 4.74 Å². The summed E-state index contributed by atoms with van der Waals surface area (Å²) < 4.78 is 6.76. The maximum Gasteiger partial charge on any atom is 0.258 e. The predicted molar refractivity (Wildman–Crippen MR) is 98.9 cm³/mol. The van der Waals surface area contributed by atoms with E-state index in [2.05, 4.69) is 9.88 Å². The summed E-state index contributed by atoms with van der Waals surface area (Å²) in [6.07, 6.45) is 1.73. The number of hydrogen-bond donors (Lipinski definition) is 0. The molecule has 0 unspecified atom stereocenters. The first-order chi connectivity index (χ1) is 12.2. The number of aromatic nitrogens is 2. The van der Waals surface area contributed by atoms with Crippen molar-refractivity contribution in [3.05, 3.63) is 81.4 Å². The van der Waals surface area contributed by atoms with Crippen molar-refractivity contribution in [2.24, 2.45) is 0 Å². The minimum atomic E-state index is -0.0706. The molecule has 0 amide bonds. The molecule has 0 atom stereocenters. The zero-order valence-electron chi connectivity index (χ0n) is 14.1. The van der Waals surface area contributed by atoms with E-state index in [1.807, 2.05) is 42.5 Å². The number of fused-ring (bicyclic) bond motifs is 1. The van der Waals surface area contributed by atoms with Gasteiger partial charge in [-0.3, -0.25) is 14.1 Å². The summed E-state index contributed by atoms with van der Waals surface area (Å²) in [5, 5.41) is 0.719. The van der Waals surface area contributed by atoms with Crippen molar-refractivity contribution in [2.75, 3.05) is 20.3 Å². The first-order valence-corrected chi connectivity index (χ1v) is 8.46. The van der Waals surface area contributed by atoms with Gasteiger partial charge in [0.25, 0.3) is 5.56 Å². The van der Waals surface area contributed by atoms with Crippen LogP contribution in [0.3, 0.4) is 0 Å². The number of halogens is 1. The molecule has 6 heteroatoms. The lowest BCUT2D eigenvalue weighted by atomic mass is 10.2. The molecule has 25 heavy (non-hydrogen) atoms. The minimum absolute atomic E-state index is 0.0706. The van der Waals surface area contributed by atoms with E-state index >= 15 is 0 Å². The number of ether oxygens (including phenoxy) is 1. The van der Waals surface area contributed by atoms with Gasteiger partial charge in [0.15, 0.2) is 0 Å². The van der Waals surface area contributed by atoms with E-state index in [1.165, 1.54) is 0 Å². The first kappa shape index (κ1) is 17.6. The highest BCUT2D eigenvalue weighted by atomic mass is 35.5. The van der Waals surface area contributed by atoms with Crippen molar-refractivity contribution in [1.82, 2.24) is 14.3 Å². The summed E-state index contributed by atoms with van der Waals surface area (Å²) in [5.41, 5.74) is 2.49. The first-order valence-electron chi connectivity index (χ1n) is 8.09. The highest BCUT2D eigenvalue weighted by molar-refractivity contribution is 6.30. The van der Waals surface area contributed by atoms with Gasteiger partial charge in [0.05, 0.1) is 12.3 Å². The van der Waals surface area contributed by atoms with Crippen molar-refractivity contribution < 1.29 is 4.74 Å². The third-order valence-corrected chi connectivity index (χ3v) is 4.19. The van der Waals surface area contributed by atoms with Crippen LogP contribution in [-0.2, 0) is 17.8 Å². The van der Waals surface area contributed by atoms with Gasteiger partial charge in [-0.25, -0.2) is 4.98 Å². The average molecular weight is 358 g/mol. The highest BCUT2D eigenvalue weighted by Gasteiger charge is 2.10. The minimum Gasteiger partial charge on any atom is -0.383 e. The number of benzene rings is 1. The predicted octanol–water partition coefficient (Wildman–Crippen LogP) is 3.00. The number of pyridine rings is 1. The van der Waals surface area contributed by atoms with E-state index in [-0.39, 0.29) is 5.56 Å². The van der Waals surface area contributed by atoms with Gasteiger partial charge in [0.1, 0.15) is 5.65 Å². The van der Waals surface area contributed by atoms with Gasteiger partial charge in [-0.2, -0.15) is 0 Å². The van der Waals surface area contributed by atoms with Crippen molar-refractivity contribution in [3.63, 3.8) is 0 Å².